The first kappa shape index (κ1) is 12.8. The number of rotatable bonds is 4. The Morgan fingerprint density at radius 1 is 1.40 bits per heavy atom. The highest BCUT2D eigenvalue weighted by atomic mass is 16.4. The van der Waals surface area contributed by atoms with Crippen LogP contribution in [0.2, 0.25) is 0 Å². The Bertz CT molecular complexity index is 613. The molecule has 2 unspecified atom stereocenters. The van der Waals surface area contributed by atoms with E-state index in [2.05, 4.69) is 25.8 Å². The summed E-state index contributed by atoms with van der Waals surface area (Å²) in [7, 11) is 0. The Balaban J connectivity index is 1.72. The van der Waals surface area contributed by atoms with Crippen LogP contribution < -0.4 is 5.32 Å². The van der Waals surface area contributed by atoms with Crippen molar-refractivity contribution in [3.63, 3.8) is 0 Å². The lowest BCUT2D eigenvalue weighted by Crippen LogP contribution is -2.32. The minimum Gasteiger partial charge on any atom is -0.481 e. The average molecular weight is 276 g/mol. The fraction of sp³-hybridized carbons (Fsp3) is 0.583. The number of aromatic nitrogens is 5. The largest absolute Gasteiger partial charge is 0.481 e. The quantitative estimate of drug-likeness (QED) is 0.851. The van der Waals surface area contributed by atoms with Crippen LogP contribution in [0.15, 0.2) is 12.4 Å². The number of carboxylic acids is 1. The van der Waals surface area contributed by atoms with Gasteiger partial charge >= 0.3 is 5.97 Å². The summed E-state index contributed by atoms with van der Waals surface area (Å²) in [5.41, 5.74) is 0.563. The Hall–Kier alpha value is -2.25. The summed E-state index contributed by atoms with van der Waals surface area (Å²) in [5.74, 6) is -0.150. The summed E-state index contributed by atoms with van der Waals surface area (Å²) >= 11 is 0. The van der Waals surface area contributed by atoms with Crippen LogP contribution >= 0.6 is 0 Å². The highest BCUT2D eigenvalue weighted by Crippen LogP contribution is 2.30. The molecule has 2 heterocycles. The van der Waals surface area contributed by atoms with E-state index in [1.54, 1.807) is 16.9 Å². The molecular formula is C12H16N6O2. The van der Waals surface area contributed by atoms with Crippen molar-refractivity contribution < 1.29 is 9.90 Å². The van der Waals surface area contributed by atoms with Gasteiger partial charge in [-0.1, -0.05) is 12.8 Å². The molecule has 1 fully saturated rings. The molecule has 0 aromatic carbocycles. The fourth-order valence-corrected chi connectivity index (χ4v) is 2.81. The van der Waals surface area contributed by atoms with E-state index in [-0.39, 0.29) is 11.8 Å². The van der Waals surface area contributed by atoms with Crippen molar-refractivity contribution in [1.82, 2.24) is 25.0 Å². The number of hydrogen-bond donors (Lipinski definition) is 2. The molecule has 2 atom stereocenters. The Labute approximate surface area is 115 Å². The van der Waals surface area contributed by atoms with Crippen molar-refractivity contribution in [1.29, 1.82) is 0 Å². The van der Waals surface area contributed by atoms with Gasteiger partial charge in [-0.2, -0.15) is 4.52 Å². The van der Waals surface area contributed by atoms with E-state index in [1.807, 2.05) is 0 Å². The lowest BCUT2D eigenvalue weighted by molar-refractivity contribution is -0.144. The van der Waals surface area contributed by atoms with Crippen LogP contribution in [-0.2, 0) is 4.79 Å². The summed E-state index contributed by atoms with van der Waals surface area (Å²) < 4.78 is 1.56. The van der Waals surface area contributed by atoms with Crippen molar-refractivity contribution in [3.05, 3.63) is 12.4 Å². The van der Waals surface area contributed by atoms with Crippen LogP contribution in [0.25, 0.3) is 5.65 Å². The first-order chi connectivity index (χ1) is 9.75. The second-order valence-electron chi connectivity index (χ2n) is 5.11. The Morgan fingerprint density at radius 3 is 3.10 bits per heavy atom. The van der Waals surface area contributed by atoms with Gasteiger partial charge < -0.3 is 10.4 Å². The van der Waals surface area contributed by atoms with Crippen molar-refractivity contribution >= 4 is 17.4 Å². The van der Waals surface area contributed by atoms with Gasteiger partial charge in [0, 0.05) is 6.54 Å². The summed E-state index contributed by atoms with van der Waals surface area (Å²) in [6, 6.07) is 0. The Morgan fingerprint density at radius 2 is 2.25 bits per heavy atom. The maximum absolute atomic E-state index is 11.3. The zero-order chi connectivity index (χ0) is 13.9. The van der Waals surface area contributed by atoms with Gasteiger partial charge in [0.25, 0.3) is 0 Å². The maximum Gasteiger partial charge on any atom is 0.306 e. The van der Waals surface area contributed by atoms with Crippen molar-refractivity contribution in [2.75, 3.05) is 11.9 Å². The monoisotopic (exact) mass is 276 g/mol. The third-order valence-corrected chi connectivity index (χ3v) is 3.88. The smallest absolute Gasteiger partial charge is 0.306 e. The number of nitrogens with zero attached hydrogens (tertiary/aromatic N) is 5. The summed E-state index contributed by atoms with van der Waals surface area (Å²) in [6.07, 6.45) is 6.99. The molecular weight excluding hydrogens is 260 g/mol. The second kappa shape index (κ2) is 5.40. The zero-order valence-corrected chi connectivity index (χ0v) is 10.9. The topological polar surface area (TPSA) is 105 Å². The van der Waals surface area contributed by atoms with Gasteiger partial charge in [0.1, 0.15) is 5.82 Å². The van der Waals surface area contributed by atoms with Crippen LogP contribution in [0.3, 0.4) is 0 Å². The molecule has 106 valence electrons. The molecule has 2 aromatic rings. The molecule has 0 amide bonds. The van der Waals surface area contributed by atoms with Gasteiger partial charge in [-0.25, -0.2) is 0 Å². The molecule has 8 heteroatoms. The van der Waals surface area contributed by atoms with Crippen LogP contribution in [0, 0.1) is 11.8 Å². The molecule has 0 bridgehead atoms. The molecule has 0 saturated heterocycles. The van der Waals surface area contributed by atoms with Crippen LogP contribution in [0.5, 0.6) is 0 Å². The first-order valence-electron chi connectivity index (χ1n) is 6.74. The lowest BCUT2D eigenvalue weighted by atomic mass is 9.79. The van der Waals surface area contributed by atoms with Gasteiger partial charge in [-0.3, -0.25) is 9.78 Å². The highest BCUT2D eigenvalue weighted by molar-refractivity contribution is 5.70. The van der Waals surface area contributed by atoms with Crippen molar-refractivity contribution in [3.8, 4) is 0 Å². The van der Waals surface area contributed by atoms with E-state index < -0.39 is 5.97 Å². The lowest BCUT2D eigenvalue weighted by Gasteiger charge is -2.28. The minimum absolute atomic E-state index is 0.132. The van der Waals surface area contributed by atoms with Gasteiger partial charge in [-0.05, 0) is 29.2 Å². The van der Waals surface area contributed by atoms with E-state index in [4.69, 9.17) is 0 Å². The number of carbonyl (C=O) groups is 1. The third-order valence-electron chi connectivity index (χ3n) is 3.88. The number of hydrogen-bond acceptors (Lipinski definition) is 6. The summed E-state index contributed by atoms with van der Waals surface area (Å²) in [6.45, 7) is 0.595. The molecule has 1 aliphatic carbocycles. The first-order valence-corrected chi connectivity index (χ1v) is 6.74. The highest BCUT2D eigenvalue weighted by Gasteiger charge is 2.30. The normalized spacial score (nSPS) is 22.8. The van der Waals surface area contributed by atoms with Gasteiger partial charge in [0.15, 0.2) is 5.65 Å². The van der Waals surface area contributed by atoms with E-state index >= 15 is 0 Å². The molecule has 8 nitrogen and oxygen atoms in total. The molecule has 3 rings (SSSR count). The summed E-state index contributed by atoms with van der Waals surface area (Å²) in [5, 5.41) is 23.8. The zero-order valence-electron chi connectivity index (χ0n) is 10.9. The number of anilines is 1. The predicted octanol–water partition coefficient (Wildman–Crippen LogP) is 0.822. The second-order valence-corrected chi connectivity index (χ2v) is 5.11. The molecule has 1 aliphatic rings. The number of aliphatic carboxylic acids is 1. The molecule has 1 saturated carbocycles. The molecule has 2 aromatic heterocycles. The molecule has 20 heavy (non-hydrogen) atoms. The van der Waals surface area contributed by atoms with Crippen LogP contribution in [0.1, 0.15) is 25.7 Å². The van der Waals surface area contributed by atoms with E-state index in [0.717, 1.165) is 25.7 Å². The van der Waals surface area contributed by atoms with Crippen LogP contribution in [-0.4, -0.2) is 42.6 Å². The maximum atomic E-state index is 11.3. The van der Waals surface area contributed by atoms with Gasteiger partial charge in [0.05, 0.1) is 18.3 Å². The molecule has 0 aliphatic heterocycles. The number of carboxylic acid groups (broad SMARTS) is 1. The fourth-order valence-electron chi connectivity index (χ4n) is 2.81. The summed E-state index contributed by atoms with van der Waals surface area (Å²) in [4.78, 5) is 15.3. The average Bonchev–Trinajstić information content (AvgIpc) is 2.94. The van der Waals surface area contributed by atoms with Gasteiger partial charge in [-0.15, -0.1) is 5.10 Å². The minimum atomic E-state index is -0.699. The third kappa shape index (κ3) is 2.40. The van der Waals surface area contributed by atoms with E-state index in [0.29, 0.717) is 18.0 Å². The Kier molecular flexibility index (Phi) is 3.44. The standard InChI is InChI=1S/C12H16N6O2/c19-12(20)9-4-2-1-3-8(9)5-14-10-6-13-7-11-15-16-17-18(10)11/h6-9,14H,1-5H2,(H,19,20). The van der Waals surface area contributed by atoms with Crippen LogP contribution in [0.4, 0.5) is 5.82 Å². The number of fused-ring (bicyclic) bond motifs is 1. The molecule has 2 N–H and O–H groups in total. The SMILES string of the molecule is O=C(O)C1CCCCC1CNc1cncc2nnnn12. The number of nitrogens with one attached hydrogen (secondary N) is 1. The van der Waals surface area contributed by atoms with E-state index in [1.165, 1.54) is 0 Å². The predicted molar refractivity (Wildman–Crippen MR) is 70.2 cm³/mol. The van der Waals surface area contributed by atoms with E-state index in [9.17, 15) is 9.90 Å². The van der Waals surface area contributed by atoms with Crippen molar-refractivity contribution in [2.24, 2.45) is 11.8 Å². The number of tetrazole rings is 1. The van der Waals surface area contributed by atoms with Crippen molar-refractivity contribution in [2.45, 2.75) is 25.7 Å². The molecule has 0 spiro atoms. The van der Waals surface area contributed by atoms with Gasteiger partial charge in [0.2, 0.25) is 0 Å². The molecule has 0 radical (unpaired) electrons.